The fourth-order valence-electron chi connectivity index (χ4n) is 1.18. The van der Waals surface area contributed by atoms with Crippen LogP contribution < -0.4 is 0 Å². The summed E-state index contributed by atoms with van der Waals surface area (Å²) < 4.78 is 13.6. The molecule has 14 heavy (non-hydrogen) atoms. The van der Waals surface area contributed by atoms with Crippen LogP contribution in [0.15, 0.2) is 47.8 Å². The van der Waals surface area contributed by atoms with Gasteiger partial charge in [-0.25, -0.2) is 4.39 Å². The summed E-state index contributed by atoms with van der Waals surface area (Å²) in [5.74, 6) is -0.187. The van der Waals surface area contributed by atoms with E-state index in [9.17, 15) is 4.39 Å². The van der Waals surface area contributed by atoms with E-state index in [4.69, 9.17) is 0 Å². The number of hydrogen-bond donors (Lipinski definition) is 0. The van der Waals surface area contributed by atoms with E-state index in [0.29, 0.717) is 5.56 Å². The van der Waals surface area contributed by atoms with Gasteiger partial charge in [-0.3, -0.25) is 0 Å². The fraction of sp³-hybridized carbons (Fsp3) is 0. The van der Waals surface area contributed by atoms with Gasteiger partial charge in [0.05, 0.1) is 0 Å². The Bertz CT molecular complexity index is 415. The average molecular weight is 204 g/mol. The average Bonchev–Trinajstić information content (AvgIpc) is 2.72. The number of rotatable bonds is 2. The van der Waals surface area contributed by atoms with Gasteiger partial charge in [-0.1, -0.05) is 36.4 Å². The van der Waals surface area contributed by atoms with Gasteiger partial charge in [-0.05, 0) is 17.5 Å². The third-order valence-electron chi connectivity index (χ3n) is 1.86. The van der Waals surface area contributed by atoms with E-state index in [2.05, 4.69) is 0 Å². The summed E-state index contributed by atoms with van der Waals surface area (Å²) in [4.78, 5) is 0.936. The van der Waals surface area contributed by atoms with Crippen LogP contribution >= 0.6 is 11.3 Å². The maximum Gasteiger partial charge on any atom is 0.131 e. The number of thiophene rings is 1. The molecule has 2 heteroatoms. The van der Waals surface area contributed by atoms with Crippen molar-refractivity contribution in [1.29, 1.82) is 0 Å². The molecule has 0 aliphatic rings. The largest absolute Gasteiger partial charge is 0.206 e. The van der Waals surface area contributed by atoms with Crippen LogP contribution in [-0.2, 0) is 0 Å². The Morgan fingerprint density at radius 3 is 2.50 bits per heavy atom. The molecule has 0 N–H and O–H groups in total. The first-order chi connectivity index (χ1) is 6.86. The Kier molecular flexibility index (Phi) is 2.75. The highest BCUT2D eigenvalue weighted by molar-refractivity contribution is 7.10. The minimum absolute atomic E-state index is 0.187. The predicted molar refractivity (Wildman–Crippen MR) is 59.7 cm³/mol. The van der Waals surface area contributed by atoms with E-state index in [0.717, 1.165) is 4.88 Å². The Labute approximate surface area is 86.3 Å². The van der Waals surface area contributed by atoms with Crippen molar-refractivity contribution in [3.8, 4) is 0 Å². The van der Waals surface area contributed by atoms with Crippen molar-refractivity contribution in [3.63, 3.8) is 0 Å². The third-order valence-corrected chi connectivity index (χ3v) is 2.68. The summed E-state index contributed by atoms with van der Waals surface area (Å²) in [6.07, 6.45) is 1.56. The molecule has 0 unspecified atom stereocenters. The van der Waals surface area contributed by atoms with Gasteiger partial charge in [0.2, 0.25) is 0 Å². The lowest BCUT2D eigenvalue weighted by Crippen LogP contribution is -1.75. The zero-order chi connectivity index (χ0) is 9.80. The minimum atomic E-state index is -0.187. The first kappa shape index (κ1) is 9.16. The van der Waals surface area contributed by atoms with Crippen molar-refractivity contribution >= 4 is 23.2 Å². The Balaban J connectivity index is 2.29. The van der Waals surface area contributed by atoms with E-state index in [-0.39, 0.29) is 5.83 Å². The quantitative estimate of drug-likeness (QED) is 0.687. The van der Waals surface area contributed by atoms with E-state index in [1.807, 2.05) is 35.7 Å². The van der Waals surface area contributed by atoms with Crippen molar-refractivity contribution in [2.45, 2.75) is 0 Å². The molecule has 1 aromatic carbocycles. The van der Waals surface area contributed by atoms with Crippen molar-refractivity contribution < 1.29 is 4.39 Å². The Morgan fingerprint density at radius 2 is 1.86 bits per heavy atom. The van der Waals surface area contributed by atoms with Crippen LogP contribution in [0.2, 0.25) is 0 Å². The second-order valence-corrected chi connectivity index (χ2v) is 3.85. The monoisotopic (exact) mass is 204 g/mol. The Hall–Kier alpha value is -1.41. The lowest BCUT2D eigenvalue weighted by molar-refractivity contribution is 0.765. The smallest absolute Gasteiger partial charge is 0.131 e. The maximum absolute atomic E-state index is 13.6. The number of benzene rings is 1. The molecule has 0 saturated carbocycles. The SMILES string of the molecule is F/C(=C\c1cccs1)c1ccccc1. The van der Waals surface area contributed by atoms with Gasteiger partial charge in [0.25, 0.3) is 0 Å². The normalized spacial score (nSPS) is 11.6. The van der Waals surface area contributed by atoms with Gasteiger partial charge in [0.15, 0.2) is 0 Å². The molecular formula is C12H9FS. The molecule has 0 fully saturated rings. The summed E-state index contributed by atoms with van der Waals surface area (Å²) in [6.45, 7) is 0. The summed E-state index contributed by atoms with van der Waals surface area (Å²) in [5.41, 5.74) is 0.626. The molecule has 0 saturated heterocycles. The molecule has 0 radical (unpaired) electrons. The van der Waals surface area contributed by atoms with Crippen LogP contribution in [0.25, 0.3) is 11.9 Å². The van der Waals surface area contributed by atoms with Gasteiger partial charge in [0.1, 0.15) is 5.83 Å². The molecule has 2 aromatic rings. The molecule has 0 spiro atoms. The zero-order valence-electron chi connectivity index (χ0n) is 7.48. The predicted octanol–water partition coefficient (Wildman–Crippen LogP) is 4.22. The van der Waals surface area contributed by atoms with Crippen LogP contribution in [0.4, 0.5) is 4.39 Å². The number of hydrogen-bond acceptors (Lipinski definition) is 1. The Morgan fingerprint density at radius 1 is 1.07 bits per heavy atom. The highest BCUT2D eigenvalue weighted by atomic mass is 32.1. The second-order valence-electron chi connectivity index (χ2n) is 2.87. The molecule has 70 valence electrons. The first-order valence-corrected chi connectivity index (χ1v) is 5.20. The number of halogens is 1. The lowest BCUT2D eigenvalue weighted by Gasteiger charge is -1.95. The molecule has 0 aliphatic carbocycles. The fourth-order valence-corrected chi connectivity index (χ4v) is 1.82. The van der Waals surface area contributed by atoms with Gasteiger partial charge < -0.3 is 0 Å². The second kappa shape index (κ2) is 4.20. The molecule has 0 bridgehead atoms. The van der Waals surface area contributed by atoms with Gasteiger partial charge in [-0.15, -0.1) is 11.3 Å². The molecule has 1 aromatic heterocycles. The first-order valence-electron chi connectivity index (χ1n) is 4.32. The molecular weight excluding hydrogens is 195 g/mol. The maximum atomic E-state index is 13.6. The van der Waals surface area contributed by atoms with Crippen molar-refractivity contribution in [3.05, 3.63) is 58.3 Å². The van der Waals surface area contributed by atoms with Crippen molar-refractivity contribution in [1.82, 2.24) is 0 Å². The standard InChI is InChI=1S/C12H9FS/c13-12(9-11-7-4-8-14-11)10-5-2-1-3-6-10/h1-9H/b12-9-. The molecule has 0 atom stereocenters. The van der Waals surface area contributed by atoms with E-state index >= 15 is 0 Å². The third kappa shape index (κ3) is 2.09. The summed E-state index contributed by atoms with van der Waals surface area (Å²) in [7, 11) is 0. The van der Waals surface area contributed by atoms with Crippen LogP contribution in [0.5, 0.6) is 0 Å². The van der Waals surface area contributed by atoms with E-state index < -0.39 is 0 Å². The van der Waals surface area contributed by atoms with Gasteiger partial charge in [-0.2, -0.15) is 0 Å². The topological polar surface area (TPSA) is 0 Å². The summed E-state index contributed by atoms with van der Waals surface area (Å²) >= 11 is 1.53. The van der Waals surface area contributed by atoms with Gasteiger partial charge >= 0.3 is 0 Å². The minimum Gasteiger partial charge on any atom is -0.206 e. The van der Waals surface area contributed by atoms with E-state index in [1.54, 1.807) is 18.2 Å². The van der Waals surface area contributed by atoms with Crippen LogP contribution in [0.1, 0.15) is 10.4 Å². The highest BCUT2D eigenvalue weighted by Crippen LogP contribution is 2.21. The molecule has 0 amide bonds. The molecule has 0 aliphatic heterocycles. The highest BCUT2D eigenvalue weighted by Gasteiger charge is 1.98. The summed E-state index contributed by atoms with van der Waals surface area (Å²) in [6, 6.07) is 12.9. The van der Waals surface area contributed by atoms with Crippen molar-refractivity contribution in [2.24, 2.45) is 0 Å². The molecule has 1 heterocycles. The van der Waals surface area contributed by atoms with Crippen molar-refractivity contribution in [2.75, 3.05) is 0 Å². The van der Waals surface area contributed by atoms with Crippen LogP contribution in [-0.4, -0.2) is 0 Å². The summed E-state index contributed by atoms with van der Waals surface area (Å²) in [5, 5.41) is 1.93. The zero-order valence-corrected chi connectivity index (χ0v) is 8.30. The van der Waals surface area contributed by atoms with Crippen LogP contribution in [0, 0.1) is 0 Å². The molecule has 0 nitrogen and oxygen atoms in total. The van der Waals surface area contributed by atoms with Gasteiger partial charge in [0, 0.05) is 10.4 Å². The molecule has 2 rings (SSSR count). The van der Waals surface area contributed by atoms with E-state index in [1.165, 1.54) is 11.3 Å². The van der Waals surface area contributed by atoms with Crippen LogP contribution in [0.3, 0.4) is 0 Å². The lowest BCUT2D eigenvalue weighted by atomic mass is 10.2.